The second-order valence-corrected chi connectivity index (χ2v) is 7.42. The lowest BCUT2D eigenvalue weighted by Crippen LogP contribution is -2.46. The zero-order valence-electron chi connectivity index (χ0n) is 11.7. The average molecular weight is 314 g/mol. The summed E-state index contributed by atoms with van der Waals surface area (Å²) in [6, 6.07) is 4.66. The molecule has 1 atom stereocenters. The summed E-state index contributed by atoms with van der Waals surface area (Å²) in [6.45, 7) is 2.76. The highest BCUT2D eigenvalue weighted by molar-refractivity contribution is 7.91. The van der Waals surface area contributed by atoms with Crippen LogP contribution in [0.5, 0.6) is 0 Å². The van der Waals surface area contributed by atoms with Crippen LogP contribution in [0.1, 0.15) is 12.5 Å². The summed E-state index contributed by atoms with van der Waals surface area (Å²) in [5.41, 5.74) is 3.21. The van der Waals surface area contributed by atoms with Gasteiger partial charge in [-0.25, -0.2) is 8.42 Å². The standard InChI is InChI=1S/C12H18N4O4S/c1-9-8-21(19,20)5-4-15(9)7-10-2-3-11(14-13)12(6-10)16(17)18/h2-3,6,9,14H,4-5,7-8,13H2,1H3. The summed E-state index contributed by atoms with van der Waals surface area (Å²) in [7, 11) is -2.97. The smallest absolute Gasteiger partial charge is 0.293 e. The van der Waals surface area contributed by atoms with E-state index >= 15 is 0 Å². The number of nitrogens with one attached hydrogen (secondary N) is 1. The lowest BCUT2D eigenvalue weighted by atomic mass is 10.1. The van der Waals surface area contributed by atoms with Crippen LogP contribution in [0.25, 0.3) is 0 Å². The van der Waals surface area contributed by atoms with Gasteiger partial charge in [0, 0.05) is 25.2 Å². The fourth-order valence-electron chi connectivity index (χ4n) is 2.45. The van der Waals surface area contributed by atoms with E-state index in [1.54, 1.807) is 12.1 Å². The summed E-state index contributed by atoms with van der Waals surface area (Å²) in [5.74, 6) is 5.49. The minimum Gasteiger partial charge on any atom is -0.318 e. The second kappa shape index (κ2) is 5.96. The van der Waals surface area contributed by atoms with Gasteiger partial charge in [-0.2, -0.15) is 0 Å². The van der Waals surface area contributed by atoms with Crippen LogP contribution in [-0.2, 0) is 16.4 Å². The van der Waals surface area contributed by atoms with E-state index in [9.17, 15) is 18.5 Å². The number of rotatable bonds is 4. The number of sulfone groups is 1. The summed E-state index contributed by atoms with van der Waals surface area (Å²) in [4.78, 5) is 12.5. The van der Waals surface area contributed by atoms with Crippen LogP contribution in [0.15, 0.2) is 18.2 Å². The number of hydrogen-bond acceptors (Lipinski definition) is 7. The number of nitrogen functional groups attached to an aromatic ring is 1. The highest BCUT2D eigenvalue weighted by Crippen LogP contribution is 2.26. The fourth-order valence-corrected chi connectivity index (χ4v) is 4.08. The van der Waals surface area contributed by atoms with E-state index in [1.165, 1.54) is 6.07 Å². The minimum absolute atomic E-state index is 0.0905. The molecule has 0 bridgehead atoms. The molecule has 116 valence electrons. The van der Waals surface area contributed by atoms with Gasteiger partial charge in [-0.05, 0) is 18.6 Å². The third kappa shape index (κ3) is 3.69. The van der Waals surface area contributed by atoms with Crippen molar-refractivity contribution >= 4 is 21.2 Å². The summed E-state index contributed by atoms with van der Waals surface area (Å²) in [5, 5.41) is 11.0. The highest BCUT2D eigenvalue weighted by Gasteiger charge is 2.28. The predicted molar refractivity (Wildman–Crippen MR) is 79.4 cm³/mol. The van der Waals surface area contributed by atoms with Gasteiger partial charge in [0.1, 0.15) is 5.69 Å². The number of hydrazine groups is 1. The Kier molecular flexibility index (Phi) is 4.45. The zero-order valence-corrected chi connectivity index (χ0v) is 12.5. The third-order valence-corrected chi connectivity index (χ3v) is 5.40. The van der Waals surface area contributed by atoms with Gasteiger partial charge >= 0.3 is 0 Å². The van der Waals surface area contributed by atoms with Gasteiger partial charge in [0.25, 0.3) is 5.69 Å². The van der Waals surface area contributed by atoms with Crippen LogP contribution in [-0.4, -0.2) is 42.3 Å². The van der Waals surface area contributed by atoms with Gasteiger partial charge in [0.15, 0.2) is 9.84 Å². The van der Waals surface area contributed by atoms with E-state index < -0.39 is 14.8 Å². The first-order chi connectivity index (χ1) is 9.82. The quantitative estimate of drug-likeness (QED) is 0.472. The third-order valence-electron chi connectivity index (χ3n) is 3.61. The zero-order chi connectivity index (χ0) is 15.6. The monoisotopic (exact) mass is 314 g/mol. The lowest BCUT2D eigenvalue weighted by molar-refractivity contribution is -0.384. The average Bonchev–Trinajstić information content (AvgIpc) is 2.41. The van der Waals surface area contributed by atoms with E-state index in [-0.39, 0.29) is 28.9 Å². The molecule has 0 radical (unpaired) electrons. The van der Waals surface area contributed by atoms with Crippen molar-refractivity contribution < 1.29 is 13.3 Å². The fraction of sp³-hybridized carbons (Fsp3) is 0.500. The molecular weight excluding hydrogens is 296 g/mol. The number of nitrogens with zero attached hydrogens (tertiary/aromatic N) is 2. The first-order valence-electron chi connectivity index (χ1n) is 6.51. The van der Waals surface area contributed by atoms with Crippen molar-refractivity contribution in [1.29, 1.82) is 0 Å². The Morgan fingerprint density at radius 2 is 2.24 bits per heavy atom. The molecule has 0 amide bonds. The first kappa shape index (κ1) is 15.7. The molecule has 0 saturated carbocycles. The predicted octanol–water partition coefficient (Wildman–Crippen LogP) is 0.499. The number of anilines is 1. The first-order valence-corrected chi connectivity index (χ1v) is 8.33. The molecule has 0 spiro atoms. The molecule has 1 heterocycles. The number of nitro benzene ring substituents is 1. The topological polar surface area (TPSA) is 119 Å². The Balaban J connectivity index is 2.17. The van der Waals surface area contributed by atoms with Crippen molar-refractivity contribution in [3.8, 4) is 0 Å². The molecule has 1 aliphatic rings. The summed E-state index contributed by atoms with van der Waals surface area (Å²) >= 11 is 0. The van der Waals surface area contributed by atoms with E-state index in [1.807, 2.05) is 11.8 Å². The Morgan fingerprint density at radius 3 is 2.81 bits per heavy atom. The van der Waals surface area contributed by atoms with Gasteiger partial charge in [-0.1, -0.05) is 6.07 Å². The number of hydrogen-bond donors (Lipinski definition) is 2. The van der Waals surface area contributed by atoms with Crippen LogP contribution < -0.4 is 11.3 Å². The Labute approximate surface area is 123 Å². The van der Waals surface area contributed by atoms with Gasteiger partial charge in [-0.3, -0.25) is 20.9 Å². The SMILES string of the molecule is CC1CS(=O)(=O)CCN1Cc1ccc(NN)c([N+](=O)[O-])c1. The maximum Gasteiger partial charge on any atom is 0.293 e. The van der Waals surface area contributed by atoms with E-state index in [4.69, 9.17) is 5.84 Å². The molecule has 8 nitrogen and oxygen atoms in total. The van der Waals surface area contributed by atoms with Crippen LogP contribution in [0, 0.1) is 10.1 Å². The van der Waals surface area contributed by atoms with Gasteiger partial charge < -0.3 is 5.43 Å². The minimum atomic E-state index is -2.97. The number of nitro groups is 1. The van der Waals surface area contributed by atoms with Crippen LogP contribution >= 0.6 is 0 Å². The van der Waals surface area contributed by atoms with Crippen molar-refractivity contribution in [2.24, 2.45) is 5.84 Å². The Morgan fingerprint density at radius 1 is 1.52 bits per heavy atom. The second-order valence-electron chi connectivity index (χ2n) is 5.19. The molecular formula is C12H18N4O4S. The van der Waals surface area contributed by atoms with Crippen molar-refractivity contribution in [3.63, 3.8) is 0 Å². The summed E-state index contributed by atoms with van der Waals surface area (Å²) in [6.07, 6.45) is 0. The Bertz CT molecular complexity index is 647. The molecule has 21 heavy (non-hydrogen) atoms. The van der Waals surface area contributed by atoms with Gasteiger partial charge in [0.05, 0.1) is 16.4 Å². The van der Waals surface area contributed by atoms with Crippen LogP contribution in [0.4, 0.5) is 11.4 Å². The molecule has 1 saturated heterocycles. The summed E-state index contributed by atoms with van der Waals surface area (Å²) < 4.78 is 23.1. The number of nitrogens with two attached hydrogens (primary N) is 1. The molecule has 1 aromatic rings. The molecule has 9 heteroatoms. The van der Waals surface area contributed by atoms with E-state index in [0.29, 0.717) is 13.1 Å². The van der Waals surface area contributed by atoms with E-state index in [2.05, 4.69) is 5.43 Å². The van der Waals surface area contributed by atoms with Crippen LogP contribution in [0.2, 0.25) is 0 Å². The van der Waals surface area contributed by atoms with Crippen molar-refractivity contribution in [2.75, 3.05) is 23.5 Å². The Hall–Kier alpha value is -1.71. The number of benzene rings is 1. The molecule has 0 aromatic heterocycles. The maximum absolute atomic E-state index is 11.5. The lowest BCUT2D eigenvalue weighted by Gasteiger charge is -2.33. The molecule has 0 aliphatic carbocycles. The molecule has 2 rings (SSSR count). The molecule has 1 fully saturated rings. The molecule has 1 aromatic carbocycles. The normalized spacial score (nSPS) is 21.9. The molecule has 3 N–H and O–H groups in total. The van der Waals surface area contributed by atoms with Crippen LogP contribution in [0.3, 0.4) is 0 Å². The van der Waals surface area contributed by atoms with Crippen molar-refractivity contribution in [1.82, 2.24) is 4.90 Å². The van der Waals surface area contributed by atoms with Crippen molar-refractivity contribution in [3.05, 3.63) is 33.9 Å². The maximum atomic E-state index is 11.5. The molecule has 1 aliphatic heterocycles. The van der Waals surface area contributed by atoms with Crippen molar-refractivity contribution in [2.45, 2.75) is 19.5 Å². The largest absolute Gasteiger partial charge is 0.318 e. The van der Waals surface area contributed by atoms with Gasteiger partial charge in [0.2, 0.25) is 0 Å². The highest BCUT2D eigenvalue weighted by atomic mass is 32.2. The van der Waals surface area contributed by atoms with Gasteiger partial charge in [-0.15, -0.1) is 0 Å². The molecule has 1 unspecified atom stereocenters. The van der Waals surface area contributed by atoms with E-state index in [0.717, 1.165) is 5.56 Å².